The van der Waals surface area contributed by atoms with Gasteiger partial charge in [0.1, 0.15) is 13.2 Å². The van der Waals surface area contributed by atoms with Crippen LogP contribution in [0.15, 0.2) is 48.5 Å². The van der Waals surface area contributed by atoms with Gasteiger partial charge in [0.15, 0.2) is 17.3 Å². The Balaban J connectivity index is 1.35. The Morgan fingerprint density at radius 3 is 2.69 bits per heavy atom. The predicted octanol–water partition coefficient (Wildman–Crippen LogP) is 2.32. The first-order valence-corrected chi connectivity index (χ1v) is 9.61. The lowest BCUT2D eigenvalue weighted by Crippen LogP contribution is -3.14. The fourth-order valence-corrected chi connectivity index (χ4v) is 4.09. The summed E-state index contributed by atoms with van der Waals surface area (Å²) in [6.07, 6.45) is 4.20. The smallest absolute Gasteiger partial charge is 0.168 e. The number of carbonyl (C=O) groups excluding carboxylic acids is 1. The molecule has 0 saturated carbocycles. The van der Waals surface area contributed by atoms with Crippen molar-refractivity contribution in [2.24, 2.45) is 0 Å². The summed E-state index contributed by atoms with van der Waals surface area (Å²) in [6, 6.07) is 16.9. The standard InChI is InChI=1S/C22H25NO3/c24-20(18-8-9-21-22(16-18)26-14-13-25-21)10-12-23-11-4-7-19(23)15-17-5-2-1-3-6-17/h1-3,5-6,8-9,16,19H,4,7,10-15H2/p+1. The molecule has 2 aromatic rings. The average Bonchev–Trinajstić information content (AvgIpc) is 3.13. The molecule has 4 heteroatoms. The number of rotatable bonds is 6. The molecule has 4 nitrogen and oxygen atoms in total. The highest BCUT2D eigenvalue weighted by Gasteiger charge is 2.29. The Hall–Kier alpha value is -2.33. The van der Waals surface area contributed by atoms with Crippen molar-refractivity contribution >= 4 is 5.78 Å². The van der Waals surface area contributed by atoms with Crippen molar-refractivity contribution in [1.82, 2.24) is 0 Å². The number of hydrogen-bond donors (Lipinski definition) is 1. The van der Waals surface area contributed by atoms with E-state index in [1.54, 1.807) is 4.90 Å². The first kappa shape index (κ1) is 17.1. The Morgan fingerprint density at radius 1 is 1.04 bits per heavy atom. The van der Waals surface area contributed by atoms with E-state index in [2.05, 4.69) is 30.3 Å². The Kier molecular flexibility index (Phi) is 5.21. The fourth-order valence-electron chi connectivity index (χ4n) is 4.09. The number of benzene rings is 2. The van der Waals surface area contributed by atoms with Crippen molar-refractivity contribution in [2.45, 2.75) is 31.7 Å². The van der Waals surface area contributed by atoms with Crippen molar-refractivity contribution in [3.63, 3.8) is 0 Å². The molecule has 0 bridgehead atoms. The number of likely N-dealkylation sites (tertiary alicyclic amines) is 1. The maximum absolute atomic E-state index is 12.6. The summed E-state index contributed by atoms with van der Waals surface area (Å²) in [6.45, 7) is 3.20. The third-order valence-corrected chi connectivity index (χ3v) is 5.49. The normalized spacial score (nSPS) is 21.5. The number of hydrogen-bond acceptors (Lipinski definition) is 3. The minimum absolute atomic E-state index is 0.194. The zero-order valence-electron chi connectivity index (χ0n) is 15.1. The molecule has 2 aliphatic heterocycles. The van der Waals surface area contributed by atoms with E-state index in [0.29, 0.717) is 31.4 Å². The highest BCUT2D eigenvalue weighted by atomic mass is 16.6. The van der Waals surface area contributed by atoms with Gasteiger partial charge in [-0.2, -0.15) is 0 Å². The van der Waals surface area contributed by atoms with Gasteiger partial charge >= 0.3 is 0 Å². The van der Waals surface area contributed by atoms with Crippen LogP contribution in [-0.2, 0) is 6.42 Å². The van der Waals surface area contributed by atoms with Crippen molar-refractivity contribution in [1.29, 1.82) is 0 Å². The maximum Gasteiger partial charge on any atom is 0.168 e. The van der Waals surface area contributed by atoms with Crippen molar-refractivity contribution in [3.8, 4) is 11.5 Å². The SMILES string of the molecule is O=C(CC[NH+]1CCCC1Cc1ccccc1)c1ccc2c(c1)OCCO2. The molecule has 26 heavy (non-hydrogen) atoms. The second kappa shape index (κ2) is 7.92. The summed E-state index contributed by atoms with van der Waals surface area (Å²) in [5.74, 6) is 1.62. The van der Waals surface area contributed by atoms with E-state index in [1.165, 1.54) is 24.9 Å². The van der Waals surface area contributed by atoms with Crippen LogP contribution in [0.3, 0.4) is 0 Å². The van der Waals surface area contributed by atoms with Gasteiger partial charge in [-0.3, -0.25) is 4.79 Å². The first-order chi connectivity index (χ1) is 12.8. The number of Topliss-reactive ketones (excluding diaryl/α,β-unsaturated/α-hetero) is 1. The van der Waals surface area contributed by atoms with Gasteiger partial charge in [-0.1, -0.05) is 30.3 Å². The van der Waals surface area contributed by atoms with E-state index in [-0.39, 0.29) is 5.78 Å². The van der Waals surface area contributed by atoms with Crippen LogP contribution in [0.25, 0.3) is 0 Å². The topological polar surface area (TPSA) is 40.0 Å². The quantitative estimate of drug-likeness (QED) is 0.811. The van der Waals surface area contributed by atoms with E-state index < -0.39 is 0 Å². The second-order valence-electron chi connectivity index (χ2n) is 7.22. The first-order valence-electron chi connectivity index (χ1n) is 9.61. The zero-order chi connectivity index (χ0) is 17.8. The highest BCUT2D eigenvalue weighted by molar-refractivity contribution is 5.96. The molecule has 0 radical (unpaired) electrons. The van der Waals surface area contributed by atoms with Crippen molar-refractivity contribution < 1.29 is 19.2 Å². The molecule has 1 saturated heterocycles. The van der Waals surface area contributed by atoms with Crippen LogP contribution in [0.1, 0.15) is 35.2 Å². The van der Waals surface area contributed by atoms with E-state index >= 15 is 0 Å². The minimum atomic E-state index is 0.194. The van der Waals surface area contributed by atoms with E-state index in [1.807, 2.05) is 18.2 Å². The highest BCUT2D eigenvalue weighted by Crippen LogP contribution is 2.31. The van der Waals surface area contributed by atoms with Crippen LogP contribution in [0, 0.1) is 0 Å². The molecule has 0 amide bonds. The number of fused-ring (bicyclic) bond motifs is 1. The molecule has 136 valence electrons. The lowest BCUT2D eigenvalue weighted by atomic mass is 10.0. The summed E-state index contributed by atoms with van der Waals surface area (Å²) in [7, 11) is 0. The lowest BCUT2D eigenvalue weighted by Gasteiger charge is -2.22. The van der Waals surface area contributed by atoms with Crippen LogP contribution in [0.2, 0.25) is 0 Å². The van der Waals surface area contributed by atoms with Gasteiger partial charge in [-0.15, -0.1) is 0 Å². The van der Waals surface area contributed by atoms with Gasteiger partial charge in [0, 0.05) is 24.8 Å². The van der Waals surface area contributed by atoms with Gasteiger partial charge in [-0.05, 0) is 23.8 Å². The monoisotopic (exact) mass is 352 g/mol. The summed E-state index contributed by atoms with van der Waals surface area (Å²) >= 11 is 0. The molecule has 2 unspecified atom stereocenters. The van der Waals surface area contributed by atoms with Gasteiger partial charge < -0.3 is 14.4 Å². The number of ether oxygens (including phenoxy) is 2. The van der Waals surface area contributed by atoms with Crippen molar-refractivity contribution in [2.75, 3.05) is 26.3 Å². The van der Waals surface area contributed by atoms with Gasteiger partial charge in [0.2, 0.25) is 0 Å². The summed E-state index contributed by atoms with van der Waals surface area (Å²) in [5, 5.41) is 0. The van der Waals surface area contributed by atoms with Gasteiger partial charge in [0.25, 0.3) is 0 Å². The molecule has 2 atom stereocenters. The Labute approximate surface area is 154 Å². The van der Waals surface area contributed by atoms with Crippen LogP contribution in [0.4, 0.5) is 0 Å². The molecule has 0 spiro atoms. The molecule has 1 N–H and O–H groups in total. The average molecular weight is 352 g/mol. The van der Waals surface area contributed by atoms with Gasteiger partial charge in [-0.25, -0.2) is 0 Å². The Bertz CT molecular complexity index is 759. The number of carbonyl (C=O) groups is 1. The molecule has 2 heterocycles. The summed E-state index contributed by atoms with van der Waals surface area (Å²) < 4.78 is 11.1. The third-order valence-electron chi connectivity index (χ3n) is 5.49. The molecule has 2 aliphatic rings. The zero-order valence-corrected chi connectivity index (χ0v) is 15.1. The number of quaternary nitrogens is 1. The van der Waals surface area contributed by atoms with Crippen LogP contribution >= 0.6 is 0 Å². The van der Waals surface area contributed by atoms with Crippen LogP contribution in [-0.4, -0.2) is 38.1 Å². The fraction of sp³-hybridized carbons (Fsp3) is 0.409. The summed E-state index contributed by atoms with van der Waals surface area (Å²) in [5.41, 5.74) is 2.13. The molecule has 4 rings (SSSR count). The minimum Gasteiger partial charge on any atom is -0.486 e. The molecular weight excluding hydrogens is 326 g/mol. The molecule has 0 aliphatic carbocycles. The third kappa shape index (κ3) is 3.91. The number of ketones is 1. The largest absolute Gasteiger partial charge is 0.486 e. The Morgan fingerprint density at radius 2 is 1.85 bits per heavy atom. The molecule has 1 fully saturated rings. The van der Waals surface area contributed by atoms with E-state index in [4.69, 9.17) is 9.47 Å². The van der Waals surface area contributed by atoms with E-state index in [0.717, 1.165) is 24.3 Å². The summed E-state index contributed by atoms with van der Waals surface area (Å²) in [4.78, 5) is 14.2. The molecule has 2 aromatic carbocycles. The number of nitrogens with one attached hydrogen (secondary N) is 1. The van der Waals surface area contributed by atoms with Crippen LogP contribution < -0.4 is 14.4 Å². The maximum atomic E-state index is 12.6. The van der Waals surface area contributed by atoms with E-state index in [9.17, 15) is 4.79 Å². The van der Waals surface area contributed by atoms with Crippen molar-refractivity contribution in [3.05, 3.63) is 59.7 Å². The second-order valence-corrected chi connectivity index (χ2v) is 7.22. The van der Waals surface area contributed by atoms with Crippen LogP contribution in [0.5, 0.6) is 11.5 Å². The van der Waals surface area contributed by atoms with Gasteiger partial charge in [0.05, 0.1) is 25.6 Å². The molecule has 0 aromatic heterocycles. The lowest BCUT2D eigenvalue weighted by molar-refractivity contribution is -0.911. The molecular formula is C22H26NO3+. The predicted molar refractivity (Wildman–Crippen MR) is 100 cm³/mol.